The third kappa shape index (κ3) is 5.69. The summed E-state index contributed by atoms with van der Waals surface area (Å²) in [5, 5.41) is 5.46. The standard InChI is InChI=1S/C25H27N3O3/c1-3-26-24(30)21-16-28(14-13-19-10-5-4-6-11-19)17-22(23(21)29)25(31)27-15-20-12-8-7-9-18(20)2/h4-12,16-17H,3,13-15H2,1-2H3,(H,26,30)(H,27,31). The second kappa shape index (κ2) is 10.4. The van der Waals surface area contributed by atoms with Crippen LogP contribution in [0.5, 0.6) is 0 Å². The number of aryl methyl sites for hydroxylation is 3. The molecule has 0 aliphatic rings. The van der Waals surface area contributed by atoms with Crippen molar-refractivity contribution in [1.82, 2.24) is 15.2 Å². The first kappa shape index (κ1) is 22.0. The molecular formula is C25H27N3O3. The van der Waals surface area contributed by atoms with Crippen LogP contribution in [0.2, 0.25) is 0 Å². The predicted molar refractivity (Wildman–Crippen MR) is 121 cm³/mol. The Morgan fingerprint density at radius 3 is 2.13 bits per heavy atom. The maximum Gasteiger partial charge on any atom is 0.257 e. The number of carbonyl (C=O) groups excluding carboxylic acids is 2. The molecule has 0 fully saturated rings. The fraction of sp³-hybridized carbons (Fsp3) is 0.240. The molecule has 1 heterocycles. The average Bonchev–Trinajstić information content (AvgIpc) is 2.78. The Morgan fingerprint density at radius 1 is 0.871 bits per heavy atom. The third-order valence-electron chi connectivity index (χ3n) is 5.11. The number of rotatable bonds is 8. The SMILES string of the molecule is CCNC(=O)c1cn(CCc2ccccc2)cc(C(=O)NCc2ccccc2C)c1=O. The first-order valence-electron chi connectivity index (χ1n) is 10.4. The van der Waals surface area contributed by atoms with Crippen molar-refractivity contribution >= 4 is 11.8 Å². The molecule has 2 amide bonds. The zero-order valence-electron chi connectivity index (χ0n) is 17.9. The molecule has 0 aliphatic carbocycles. The molecular weight excluding hydrogens is 390 g/mol. The van der Waals surface area contributed by atoms with Gasteiger partial charge >= 0.3 is 0 Å². The van der Waals surface area contributed by atoms with E-state index in [1.54, 1.807) is 11.5 Å². The summed E-state index contributed by atoms with van der Waals surface area (Å²) in [4.78, 5) is 38.2. The molecule has 0 saturated heterocycles. The number of nitrogens with zero attached hydrogens (tertiary/aromatic N) is 1. The molecule has 0 atom stereocenters. The molecule has 2 aromatic carbocycles. The lowest BCUT2D eigenvalue weighted by atomic mass is 10.1. The van der Waals surface area contributed by atoms with E-state index in [2.05, 4.69) is 10.6 Å². The lowest BCUT2D eigenvalue weighted by molar-refractivity contribution is 0.0948. The fourth-order valence-corrected chi connectivity index (χ4v) is 3.32. The summed E-state index contributed by atoms with van der Waals surface area (Å²) in [7, 11) is 0. The first-order chi connectivity index (χ1) is 15.0. The Bertz CT molecular complexity index is 1120. The van der Waals surface area contributed by atoms with Crippen LogP contribution in [-0.2, 0) is 19.5 Å². The second-order valence-corrected chi connectivity index (χ2v) is 7.36. The van der Waals surface area contributed by atoms with Crippen LogP contribution >= 0.6 is 0 Å². The van der Waals surface area contributed by atoms with Crippen molar-refractivity contribution in [1.29, 1.82) is 0 Å². The van der Waals surface area contributed by atoms with Gasteiger partial charge in [-0.05, 0) is 37.0 Å². The number of amides is 2. The van der Waals surface area contributed by atoms with E-state index in [4.69, 9.17) is 0 Å². The molecule has 2 N–H and O–H groups in total. The van der Waals surface area contributed by atoms with Crippen LogP contribution in [0.4, 0.5) is 0 Å². The highest BCUT2D eigenvalue weighted by Crippen LogP contribution is 2.08. The van der Waals surface area contributed by atoms with Gasteiger partial charge in [0.1, 0.15) is 11.1 Å². The lowest BCUT2D eigenvalue weighted by Crippen LogP contribution is -2.35. The highest BCUT2D eigenvalue weighted by Gasteiger charge is 2.19. The summed E-state index contributed by atoms with van der Waals surface area (Å²) in [5.74, 6) is -0.970. The minimum atomic E-state index is -0.566. The third-order valence-corrected chi connectivity index (χ3v) is 5.11. The monoisotopic (exact) mass is 417 g/mol. The second-order valence-electron chi connectivity index (χ2n) is 7.36. The van der Waals surface area contributed by atoms with E-state index < -0.39 is 17.2 Å². The summed E-state index contributed by atoms with van der Waals surface area (Å²) >= 11 is 0. The zero-order valence-corrected chi connectivity index (χ0v) is 17.9. The molecule has 160 valence electrons. The van der Waals surface area contributed by atoms with E-state index in [9.17, 15) is 14.4 Å². The van der Waals surface area contributed by atoms with Crippen LogP contribution in [0, 0.1) is 6.92 Å². The molecule has 6 nitrogen and oxygen atoms in total. The molecule has 1 aromatic heterocycles. The van der Waals surface area contributed by atoms with Crippen LogP contribution in [0.25, 0.3) is 0 Å². The normalized spacial score (nSPS) is 10.5. The minimum absolute atomic E-state index is 0.0292. The van der Waals surface area contributed by atoms with E-state index in [1.807, 2.05) is 61.5 Å². The average molecular weight is 418 g/mol. The fourth-order valence-electron chi connectivity index (χ4n) is 3.32. The summed E-state index contributed by atoms with van der Waals surface area (Å²) in [6.07, 6.45) is 3.76. The minimum Gasteiger partial charge on any atom is -0.352 e. The van der Waals surface area contributed by atoms with Crippen LogP contribution in [0.3, 0.4) is 0 Å². The molecule has 3 aromatic rings. The zero-order chi connectivity index (χ0) is 22.2. The van der Waals surface area contributed by atoms with E-state index in [-0.39, 0.29) is 11.1 Å². The van der Waals surface area contributed by atoms with Crippen molar-refractivity contribution in [3.63, 3.8) is 0 Å². The largest absolute Gasteiger partial charge is 0.352 e. The smallest absolute Gasteiger partial charge is 0.257 e. The number of hydrogen-bond donors (Lipinski definition) is 2. The Kier molecular flexibility index (Phi) is 7.38. The quantitative estimate of drug-likeness (QED) is 0.591. The molecule has 6 heteroatoms. The topological polar surface area (TPSA) is 80.2 Å². The number of pyridine rings is 1. The van der Waals surface area contributed by atoms with Gasteiger partial charge in [0, 0.05) is 32.0 Å². The summed E-state index contributed by atoms with van der Waals surface area (Å²) in [6, 6.07) is 17.6. The number of aromatic nitrogens is 1. The van der Waals surface area contributed by atoms with E-state index in [0.717, 1.165) is 16.7 Å². The highest BCUT2D eigenvalue weighted by atomic mass is 16.2. The highest BCUT2D eigenvalue weighted by molar-refractivity contribution is 5.99. The van der Waals surface area contributed by atoms with Gasteiger partial charge in [0.15, 0.2) is 0 Å². The Balaban J connectivity index is 1.86. The molecule has 31 heavy (non-hydrogen) atoms. The molecule has 0 saturated carbocycles. The van der Waals surface area contributed by atoms with Crippen LogP contribution in [0.1, 0.15) is 44.3 Å². The maximum atomic E-state index is 12.9. The molecule has 0 aliphatic heterocycles. The van der Waals surface area contributed by atoms with Gasteiger partial charge in [-0.25, -0.2) is 0 Å². The van der Waals surface area contributed by atoms with Gasteiger partial charge in [0.05, 0.1) is 0 Å². The van der Waals surface area contributed by atoms with E-state index in [1.165, 1.54) is 12.4 Å². The lowest BCUT2D eigenvalue weighted by Gasteiger charge is -2.13. The Labute approximate surface area is 181 Å². The molecule has 0 spiro atoms. The maximum absolute atomic E-state index is 12.9. The number of hydrogen-bond acceptors (Lipinski definition) is 3. The van der Waals surface area contributed by atoms with Gasteiger partial charge in [-0.3, -0.25) is 14.4 Å². The van der Waals surface area contributed by atoms with Crippen LogP contribution in [0.15, 0.2) is 71.8 Å². The molecule has 3 rings (SSSR count). The van der Waals surface area contributed by atoms with Gasteiger partial charge in [-0.2, -0.15) is 0 Å². The molecule has 0 radical (unpaired) electrons. The number of benzene rings is 2. The number of nitrogens with one attached hydrogen (secondary N) is 2. The molecule has 0 bridgehead atoms. The van der Waals surface area contributed by atoms with Crippen LogP contribution < -0.4 is 16.1 Å². The van der Waals surface area contributed by atoms with Gasteiger partial charge < -0.3 is 15.2 Å². The van der Waals surface area contributed by atoms with Gasteiger partial charge in [-0.1, -0.05) is 54.6 Å². The van der Waals surface area contributed by atoms with Crippen LogP contribution in [-0.4, -0.2) is 22.9 Å². The Hall–Kier alpha value is -3.67. The van der Waals surface area contributed by atoms with Gasteiger partial charge in [-0.15, -0.1) is 0 Å². The van der Waals surface area contributed by atoms with Crippen molar-refractivity contribution < 1.29 is 9.59 Å². The summed E-state index contributed by atoms with van der Waals surface area (Å²) in [5.41, 5.74) is 2.53. The summed E-state index contributed by atoms with van der Waals surface area (Å²) < 4.78 is 1.74. The van der Waals surface area contributed by atoms with Gasteiger partial charge in [0.25, 0.3) is 11.8 Å². The van der Waals surface area contributed by atoms with Crippen molar-refractivity contribution in [2.45, 2.75) is 33.4 Å². The first-order valence-corrected chi connectivity index (χ1v) is 10.4. The number of carbonyl (C=O) groups is 2. The van der Waals surface area contributed by atoms with E-state index in [0.29, 0.717) is 26.1 Å². The Morgan fingerprint density at radius 2 is 1.48 bits per heavy atom. The van der Waals surface area contributed by atoms with Crippen molar-refractivity contribution in [3.8, 4) is 0 Å². The van der Waals surface area contributed by atoms with Crippen molar-refractivity contribution in [2.75, 3.05) is 6.54 Å². The van der Waals surface area contributed by atoms with Crippen molar-refractivity contribution in [2.24, 2.45) is 0 Å². The van der Waals surface area contributed by atoms with Crippen molar-refractivity contribution in [3.05, 3.63) is 105 Å². The van der Waals surface area contributed by atoms with E-state index >= 15 is 0 Å². The van der Waals surface area contributed by atoms with Gasteiger partial charge in [0.2, 0.25) is 5.43 Å². The molecule has 0 unspecified atom stereocenters. The summed E-state index contributed by atoms with van der Waals surface area (Å²) in [6.45, 7) is 4.99. The predicted octanol–water partition coefficient (Wildman–Crippen LogP) is 3.08.